The number of para-hydroxylation sites is 1. The summed E-state index contributed by atoms with van der Waals surface area (Å²) >= 11 is 13.5. The van der Waals surface area contributed by atoms with Crippen LogP contribution in [0.4, 0.5) is 5.69 Å². The fourth-order valence-corrected chi connectivity index (χ4v) is 3.76. The minimum atomic E-state index is -0.248. The molecular formula is C21H19Cl2NO2S. The molecule has 3 aromatic rings. The molecular weight excluding hydrogens is 401 g/mol. The Morgan fingerprint density at radius 2 is 1.78 bits per heavy atom. The van der Waals surface area contributed by atoms with Crippen molar-refractivity contribution in [2.24, 2.45) is 0 Å². The molecule has 3 nitrogen and oxygen atoms in total. The van der Waals surface area contributed by atoms with E-state index in [2.05, 4.69) is 31.3 Å². The van der Waals surface area contributed by atoms with Gasteiger partial charge in [-0.3, -0.25) is 4.79 Å². The Labute approximate surface area is 172 Å². The number of carbonyl (C=O) groups is 1. The minimum absolute atomic E-state index is 0.248. The Kier molecular flexibility index (Phi) is 6.42. The molecule has 0 aliphatic carbocycles. The largest absolute Gasteiger partial charge is 0.489 e. The topological polar surface area (TPSA) is 38.3 Å². The van der Waals surface area contributed by atoms with Crippen LogP contribution in [0, 0.1) is 0 Å². The number of amides is 1. The quantitative estimate of drug-likeness (QED) is 0.466. The predicted molar refractivity (Wildman–Crippen MR) is 114 cm³/mol. The van der Waals surface area contributed by atoms with Gasteiger partial charge in [0.2, 0.25) is 0 Å². The third-order valence-electron chi connectivity index (χ3n) is 4.03. The number of ether oxygens (including phenoxy) is 1. The van der Waals surface area contributed by atoms with Crippen molar-refractivity contribution < 1.29 is 9.53 Å². The molecule has 3 rings (SSSR count). The van der Waals surface area contributed by atoms with E-state index in [9.17, 15) is 4.79 Å². The zero-order valence-corrected chi connectivity index (χ0v) is 17.3. The van der Waals surface area contributed by atoms with Gasteiger partial charge in [0, 0.05) is 5.56 Å². The molecule has 0 saturated heterocycles. The van der Waals surface area contributed by atoms with Gasteiger partial charge >= 0.3 is 0 Å². The van der Waals surface area contributed by atoms with Crippen molar-refractivity contribution in [1.82, 2.24) is 0 Å². The second-order valence-electron chi connectivity index (χ2n) is 6.38. The molecule has 1 heterocycles. The molecule has 27 heavy (non-hydrogen) atoms. The summed E-state index contributed by atoms with van der Waals surface area (Å²) < 4.78 is 5.81. The van der Waals surface area contributed by atoms with Gasteiger partial charge in [-0.1, -0.05) is 55.2 Å². The Balaban J connectivity index is 1.61. The van der Waals surface area contributed by atoms with E-state index < -0.39 is 0 Å². The van der Waals surface area contributed by atoms with Crippen molar-refractivity contribution in [2.75, 3.05) is 5.32 Å². The number of hydrogen-bond donors (Lipinski definition) is 1. The van der Waals surface area contributed by atoms with Crippen molar-refractivity contribution in [3.05, 3.63) is 80.0 Å². The summed E-state index contributed by atoms with van der Waals surface area (Å²) in [5.74, 6) is 1.05. The second-order valence-corrected chi connectivity index (χ2v) is 8.11. The van der Waals surface area contributed by atoms with E-state index in [4.69, 9.17) is 27.9 Å². The molecule has 0 spiro atoms. The van der Waals surface area contributed by atoms with Crippen LogP contribution in [-0.4, -0.2) is 5.91 Å². The summed E-state index contributed by atoms with van der Waals surface area (Å²) in [5, 5.41) is 5.48. The van der Waals surface area contributed by atoms with Gasteiger partial charge in [0.25, 0.3) is 5.91 Å². The predicted octanol–water partition coefficient (Wildman–Crippen LogP) is 7.01. The lowest BCUT2D eigenvalue weighted by Crippen LogP contribution is -2.11. The first-order chi connectivity index (χ1) is 12.9. The number of halogens is 2. The highest BCUT2D eigenvalue weighted by Gasteiger charge is 2.14. The fraction of sp³-hybridized carbons (Fsp3) is 0.190. The maximum atomic E-state index is 12.4. The Hall–Kier alpha value is -2.01. The number of rotatable bonds is 6. The molecule has 0 aliphatic rings. The number of benzene rings is 2. The van der Waals surface area contributed by atoms with Crippen LogP contribution in [0.15, 0.2) is 53.9 Å². The van der Waals surface area contributed by atoms with Crippen LogP contribution in [0.5, 0.6) is 5.75 Å². The minimum Gasteiger partial charge on any atom is -0.489 e. The van der Waals surface area contributed by atoms with Crippen molar-refractivity contribution in [3.63, 3.8) is 0 Å². The molecule has 0 bridgehead atoms. The lowest BCUT2D eigenvalue weighted by Gasteiger charge is -2.08. The summed E-state index contributed by atoms with van der Waals surface area (Å²) in [6, 6.07) is 15.0. The lowest BCUT2D eigenvalue weighted by atomic mass is 10.0. The highest BCUT2D eigenvalue weighted by Crippen LogP contribution is 2.30. The van der Waals surface area contributed by atoms with Gasteiger partial charge in [0.1, 0.15) is 12.4 Å². The number of thiophene rings is 1. The Morgan fingerprint density at radius 1 is 1.11 bits per heavy atom. The fourth-order valence-electron chi connectivity index (χ4n) is 2.48. The van der Waals surface area contributed by atoms with Gasteiger partial charge in [0.05, 0.1) is 20.6 Å². The van der Waals surface area contributed by atoms with Crippen LogP contribution in [-0.2, 0) is 6.61 Å². The Morgan fingerprint density at radius 3 is 2.41 bits per heavy atom. The van der Waals surface area contributed by atoms with E-state index in [1.54, 1.807) is 18.2 Å². The van der Waals surface area contributed by atoms with Gasteiger partial charge in [-0.15, -0.1) is 11.3 Å². The maximum Gasteiger partial charge on any atom is 0.265 e. The zero-order valence-electron chi connectivity index (χ0n) is 15.0. The second kappa shape index (κ2) is 8.79. The molecule has 1 N–H and O–H groups in total. The summed E-state index contributed by atoms with van der Waals surface area (Å²) in [7, 11) is 0. The van der Waals surface area contributed by atoms with Crippen LogP contribution in [0.1, 0.15) is 40.6 Å². The monoisotopic (exact) mass is 419 g/mol. The van der Waals surface area contributed by atoms with Crippen LogP contribution in [0.3, 0.4) is 0 Å². The van der Waals surface area contributed by atoms with Crippen LogP contribution in [0.25, 0.3) is 0 Å². The molecule has 6 heteroatoms. The molecule has 140 valence electrons. The normalized spacial score (nSPS) is 10.9. The van der Waals surface area contributed by atoms with E-state index in [1.807, 2.05) is 23.6 Å². The van der Waals surface area contributed by atoms with Crippen molar-refractivity contribution in [1.29, 1.82) is 0 Å². The van der Waals surface area contributed by atoms with Crippen molar-refractivity contribution >= 4 is 46.1 Å². The molecule has 0 unspecified atom stereocenters. The van der Waals surface area contributed by atoms with Gasteiger partial charge in [-0.25, -0.2) is 0 Å². The van der Waals surface area contributed by atoms with E-state index in [0.717, 1.165) is 11.3 Å². The van der Waals surface area contributed by atoms with Gasteiger partial charge in [0.15, 0.2) is 0 Å². The average Bonchev–Trinajstić information content (AvgIpc) is 3.12. The number of hydrogen-bond acceptors (Lipinski definition) is 3. The smallest absolute Gasteiger partial charge is 0.265 e. The van der Waals surface area contributed by atoms with E-state index >= 15 is 0 Å². The lowest BCUT2D eigenvalue weighted by molar-refractivity contribution is 0.103. The molecule has 2 aromatic carbocycles. The summed E-state index contributed by atoms with van der Waals surface area (Å²) in [6.45, 7) is 4.71. The molecule has 1 aromatic heterocycles. The number of nitrogens with one attached hydrogen (secondary N) is 1. The van der Waals surface area contributed by atoms with Gasteiger partial charge in [-0.05, 0) is 47.2 Å². The molecule has 0 atom stereocenters. The van der Waals surface area contributed by atoms with E-state index in [-0.39, 0.29) is 5.91 Å². The van der Waals surface area contributed by atoms with Crippen LogP contribution >= 0.6 is 34.5 Å². The third-order valence-corrected chi connectivity index (χ3v) is 5.64. The van der Waals surface area contributed by atoms with Gasteiger partial charge < -0.3 is 10.1 Å². The molecule has 0 fully saturated rings. The number of anilines is 1. The van der Waals surface area contributed by atoms with Crippen LogP contribution < -0.4 is 10.1 Å². The van der Waals surface area contributed by atoms with E-state index in [0.29, 0.717) is 33.1 Å². The number of carbonyl (C=O) groups excluding carboxylic acids is 1. The standard InChI is InChI=1S/C21H19Cl2NO2S/c1-13(2)15-6-8-16(9-7-15)26-11-14-10-19(27-12-14)21(25)24-20-17(22)4-3-5-18(20)23/h3-10,12-13H,11H2,1-2H3,(H,24,25). The highest BCUT2D eigenvalue weighted by atomic mass is 35.5. The first-order valence-electron chi connectivity index (χ1n) is 8.49. The van der Waals surface area contributed by atoms with Gasteiger partial charge in [-0.2, -0.15) is 0 Å². The molecule has 0 saturated carbocycles. The first-order valence-corrected chi connectivity index (χ1v) is 10.1. The maximum absolute atomic E-state index is 12.4. The first kappa shape index (κ1) is 19.7. The molecule has 0 radical (unpaired) electrons. The van der Waals surface area contributed by atoms with Crippen LogP contribution in [0.2, 0.25) is 10.0 Å². The SMILES string of the molecule is CC(C)c1ccc(OCc2csc(C(=O)Nc3c(Cl)cccc3Cl)c2)cc1. The Bertz CT molecular complexity index is 915. The van der Waals surface area contributed by atoms with Crippen molar-refractivity contribution in [2.45, 2.75) is 26.4 Å². The van der Waals surface area contributed by atoms with Crippen molar-refractivity contribution in [3.8, 4) is 5.75 Å². The third kappa shape index (κ3) is 5.04. The summed E-state index contributed by atoms with van der Waals surface area (Å²) in [4.78, 5) is 13.0. The highest BCUT2D eigenvalue weighted by molar-refractivity contribution is 7.12. The van der Waals surface area contributed by atoms with E-state index in [1.165, 1.54) is 16.9 Å². The average molecular weight is 420 g/mol. The molecule has 0 aliphatic heterocycles. The zero-order chi connectivity index (χ0) is 19.4. The summed E-state index contributed by atoms with van der Waals surface area (Å²) in [5.41, 5.74) is 2.63. The molecule has 1 amide bonds. The summed E-state index contributed by atoms with van der Waals surface area (Å²) in [6.07, 6.45) is 0.